The predicted molar refractivity (Wildman–Crippen MR) is 135 cm³/mol. The van der Waals surface area contributed by atoms with Crippen LogP contribution in [-0.4, -0.2) is 46.0 Å². The molecule has 6 nitrogen and oxygen atoms in total. The summed E-state index contributed by atoms with van der Waals surface area (Å²) in [6.07, 6.45) is 1.47. The molecule has 34 heavy (non-hydrogen) atoms. The van der Waals surface area contributed by atoms with Gasteiger partial charge in [-0.15, -0.1) is 11.8 Å². The lowest BCUT2D eigenvalue weighted by atomic mass is 9.95. The van der Waals surface area contributed by atoms with E-state index in [1.54, 1.807) is 16.7 Å². The summed E-state index contributed by atoms with van der Waals surface area (Å²) in [5.74, 6) is -0.620. The summed E-state index contributed by atoms with van der Waals surface area (Å²) >= 11 is 1.63. The first-order valence-electron chi connectivity index (χ1n) is 12.0. The maximum absolute atomic E-state index is 13.6. The summed E-state index contributed by atoms with van der Waals surface area (Å²) in [4.78, 5) is 41.7. The average Bonchev–Trinajstić information content (AvgIpc) is 3.26. The Morgan fingerprint density at radius 3 is 2.47 bits per heavy atom. The van der Waals surface area contributed by atoms with Crippen molar-refractivity contribution in [3.8, 4) is 0 Å². The lowest BCUT2D eigenvalue weighted by molar-refractivity contribution is -0.132. The fourth-order valence-electron chi connectivity index (χ4n) is 4.82. The topological polar surface area (TPSA) is 78.5 Å². The van der Waals surface area contributed by atoms with E-state index in [2.05, 4.69) is 10.6 Å². The van der Waals surface area contributed by atoms with Gasteiger partial charge in [-0.1, -0.05) is 68.8 Å². The molecule has 2 N–H and O–H groups in total. The Hall–Kier alpha value is -2.80. The molecule has 0 bridgehead atoms. The van der Waals surface area contributed by atoms with E-state index in [0.29, 0.717) is 12.1 Å². The molecule has 1 saturated heterocycles. The molecule has 2 aromatic carbocycles. The van der Waals surface area contributed by atoms with Crippen LogP contribution in [0.1, 0.15) is 61.0 Å². The van der Waals surface area contributed by atoms with Crippen LogP contribution >= 0.6 is 11.8 Å². The fraction of sp³-hybridized carbons (Fsp3) is 0.444. The van der Waals surface area contributed by atoms with Crippen molar-refractivity contribution in [2.45, 2.75) is 62.7 Å². The lowest BCUT2D eigenvalue weighted by Gasteiger charge is -2.32. The number of carbonyl (C=O) groups is 3. The van der Waals surface area contributed by atoms with Gasteiger partial charge in [-0.05, 0) is 43.4 Å². The van der Waals surface area contributed by atoms with E-state index >= 15 is 0 Å². The van der Waals surface area contributed by atoms with Crippen molar-refractivity contribution in [3.63, 3.8) is 0 Å². The Morgan fingerprint density at radius 2 is 1.76 bits per heavy atom. The zero-order valence-corrected chi connectivity index (χ0v) is 21.0. The van der Waals surface area contributed by atoms with E-state index in [0.717, 1.165) is 24.0 Å². The molecule has 1 fully saturated rings. The number of thioether (sulfide) groups is 1. The van der Waals surface area contributed by atoms with Gasteiger partial charge in [0.25, 0.3) is 5.91 Å². The molecule has 4 rings (SSSR count). The van der Waals surface area contributed by atoms with Gasteiger partial charge in [-0.25, -0.2) is 0 Å². The Kier molecular flexibility index (Phi) is 7.03. The normalized spacial score (nSPS) is 22.0. The Bertz CT molecular complexity index is 1070. The minimum atomic E-state index is -0.661. The van der Waals surface area contributed by atoms with Crippen LogP contribution in [0.3, 0.4) is 0 Å². The van der Waals surface area contributed by atoms with Crippen LogP contribution in [0.15, 0.2) is 54.6 Å². The average molecular weight is 480 g/mol. The van der Waals surface area contributed by atoms with Gasteiger partial charge >= 0.3 is 0 Å². The van der Waals surface area contributed by atoms with Crippen molar-refractivity contribution in [1.29, 1.82) is 0 Å². The Balaban J connectivity index is 1.48. The van der Waals surface area contributed by atoms with Crippen molar-refractivity contribution < 1.29 is 14.4 Å². The third-order valence-electron chi connectivity index (χ3n) is 6.89. The van der Waals surface area contributed by atoms with Crippen LogP contribution in [0.2, 0.25) is 0 Å². The SMILES string of the molecule is CC[C@H](C)[C@H](NC(=O)[C@@H]1N2C(=O)c3ccccc3[C@H]2SC1(C)C)C(=O)NCCc1ccccc1. The molecular weight excluding hydrogens is 446 g/mol. The molecular formula is C27H33N3O3S. The molecule has 2 heterocycles. The summed E-state index contributed by atoms with van der Waals surface area (Å²) in [7, 11) is 0. The molecule has 180 valence electrons. The quantitative estimate of drug-likeness (QED) is 0.602. The van der Waals surface area contributed by atoms with Crippen molar-refractivity contribution in [2.24, 2.45) is 5.92 Å². The van der Waals surface area contributed by atoms with Crippen LogP contribution < -0.4 is 10.6 Å². The summed E-state index contributed by atoms with van der Waals surface area (Å²) in [6.45, 7) is 8.46. The second kappa shape index (κ2) is 9.82. The molecule has 0 aromatic heterocycles. The number of hydrogen-bond acceptors (Lipinski definition) is 4. The number of rotatable bonds is 8. The minimum Gasteiger partial charge on any atom is -0.354 e. The van der Waals surface area contributed by atoms with Gasteiger partial charge in [0.15, 0.2) is 0 Å². The number of nitrogens with zero attached hydrogens (tertiary/aromatic N) is 1. The third kappa shape index (κ3) is 4.58. The third-order valence-corrected chi connectivity index (χ3v) is 8.43. The molecule has 4 atom stereocenters. The van der Waals surface area contributed by atoms with Crippen LogP contribution in [0, 0.1) is 5.92 Å². The minimum absolute atomic E-state index is 0.0416. The first-order chi connectivity index (χ1) is 16.2. The molecule has 0 radical (unpaired) electrons. The number of amides is 3. The van der Waals surface area contributed by atoms with E-state index in [4.69, 9.17) is 0 Å². The molecule has 2 aliphatic rings. The van der Waals surface area contributed by atoms with Crippen molar-refractivity contribution in [2.75, 3.05) is 6.54 Å². The second-order valence-corrected chi connectivity index (χ2v) is 11.4. The molecule has 7 heteroatoms. The molecule has 0 aliphatic carbocycles. The summed E-state index contributed by atoms with van der Waals surface area (Å²) in [5, 5.41) is 5.82. The van der Waals surface area contributed by atoms with Crippen LogP contribution in [0.4, 0.5) is 0 Å². The summed E-state index contributed by atoms with van der Waals surface area (Å²) in [5.41, 5.74) is 2.76. The van der Waals surface area contributed by atoms with E-state index in [1.807, 2.05) is 82.3 Å². The van der Waals surface area contributed by atoms with Crippen LogP contribution in [0.25, 0.3) is 0 Å². The molecule has 2 aliphatic heterocycles. The van der Waals surface area contributed by atoms with Crippen molar-refractivity contribution in [1.82, 2.24) is 15.5 Å². The molecule has 0 unspecified atom stereocenters. The van der Waals surface area contributed by atoms with Gasteiger partial charge in [-0.3, -0.25) is 14.4 Å². The number of nitrogens with one attached hydrogen (secondary N) is 2. The highest BCUT2D eigenvalue weighted by atomic mass is 32.2. The standard InChI is InChI=1S/C27H33N3O3S/c1-5-17(2)21(23(31)28-16-15-18-11-7-6-8-12-18)29-24(32)22-27(3,4)34-26-20-14-10-9-13-19(20)25(33)30(22)26/h6-14,17,21-22,26H,5,15-16H2,1-4H3,(H,28,31)(H,29,32)/t17-,21-,22-,26+/m0/s1. The monoisotopic (exact) mass is 479 g/mol. The fourth-order valence-corrected chi connectivity index (χ4v) is 6.41. The van der Waals surface area contributed by atoms with Gasteiger partial charge in [-0.2, -0.15) is 0 Å². The van der Waals surface area contributed by atoms with Crippen molar-refractivity contribution >= 4 is 29.5 Å². The predicted octanol–water partition coefficient (Wildman–Crippen LogP) is 3.92. The van der Waals surface area contributed by atoms with E-state index in [9.17, 15) is 14.4 Å². The van der Waals surface area contributed by atoms with Crippen LogP contribution in [0.5, 0.6) is 0 Å². The summed E-state index contributed by atoms with van der Waals surface area (Å²) < 4.78 is -0.484. The molecule has 0 saturated carbocycles. The number of carbonyl (C=O) groups excluding carboxylic acids is 3. The maximum Gasteiger partial charge on any atom is 0.256 e. The molecule has 0 spiro atoms. The molecule has 2 aromatic rings. The zero-order valence-electron chi connectivity index (χ0n) is 20.2. The zero-order chi connectivity index (χ0) is 24.5. The van der Waals surface area contributed by atoms with Gasteiger partial charge in [0, 0.05) is 16.9 Å². The smallest absolute Gasteiger partial charge is 0.256 e. The van der Waals surface area contributed by atoms with E-state index < -0.39 is 16.8 Å². The lowest BCUT2D eigenvalue weighted by Crippen LogP contribution is -2.58. The Labute approximate surface area is 205 Å². The van der Waals surface area contributed by atoms with E-state index in [-0.39, 0.29) is 29.0 Å². The van der Waals surface area contributed by atoms with Crippen molar-refractivity contribution in [3.05, 3.63) is 71.3 Å². The van der Waals surface area contributed by atoms with Gasteiger partial charge in [0.1, 0.15) is 17.5 Å². The second-order valence-electron chi connectivity index (χ2n) is 9.67. The number of hydrogen-bond donors (Lipinski definition) is 2. The molecule has 3 amide bonds. The maximum atomic E-state index is 13.6. The van der Waals surface area contributed by atoms with Crippen LogP contribution in [-0.2, 0) is 16.0 Å². The summed E-state index contributed by atoms with van der Waals surface area (Å²) in [6, 6.07) is 16.2. The number of fused-ring (bicyclic) bond motifs is 3. The Morgan fingerprint density at radius 1 is 1.09 bits per heavy atom. The first-order valence-corrected chi connectivity index (χ1v) is 12.8. The highest BCUT2D eigenvalue weighted by Gasteiger charge is 2.57. The van der Waals surface area contributed by atoms with Gasteiger partial charge < -0.3 is 15.5 Å². The van der Waals surface area contributed by atoms with Gasteiger partial charge in [0.2, 0.25) is 11.8 Å². The van der Waals surface area contributed by atoms with Gasteiger partial charge in [0.05, 0.1) is 0 Å². The number of benzene rings is 2. The largest absolute Gasteiger partial charge is 0.354 e. The highest BCUT2D eigenvalue weighted by molar-refractivity contribution is 8.01. The van der Waals surface area contributed by atoms with E-state index in [1.165, 1.54) is 0 Å². The highest BCUT2D eigenvalue weighted by Crippen LogP contribution is 2.56. The first kappa shape index (κ1) is 24.3.